The van der Waals surface area contributed by atoms with Crippen molar-refractivity contribution in [2.24, 2.45) is 11.8 Å². The van der Waals surface area contributed by atoms with Crippen molar-refractivity contribution in [2.75, 3.05) is 0 Å². The Balaban J connectivity index is 1.73. The Bertz CT molecular complexity index is 492. The second-order valence-electron chi connectivity index (χ2n) is 5.76. The van der Waals surface area contributed by atoms with E-state index in [1.54, 1.807) is 12.3 Å². The predicted molar refractivity (Wildman–Crippen MR) is 70.7 cm³/mol. The molecule has 20 heavy (non-hydrogen) atoms. The number of rotatable bonds is 5. The molecule has 1 aromatic rings. The molecule has 5 heteroatoms. The van der Waals surface area contributed by atoms with Gasteiger partial charge in [0.25, 0.3) is 0 Å². The molecule has 2 unspecified atom stereocenters. The molecule has 2 saturated carbocycles. The van der Waals surface area contributed by atoms with Crippen LogP contribution in [0.2, 0.25) is 0 Å². The van der Waals surface area contributed by atoms with Crippen LogP contribution in [0.3, 0.4) is 0 Å². The number of hydrogen-bond acceptors (Lipinski definition) is 3. The first-order valence-corrected chi connectivity index (χ1v) is 7.22. The summed E-state index contributed by atoms with van der Waals surface area (Å²) in [5, 5.41) is 9.24. The molecule has 2 atom stereocenters. The monoisotopic (exact) mass is 277 g/mol. The molecule has 0 saturated heterocycles. The molecule has 1 heterocycles. The molecule has 2 fully saturated rings. The summed E-state index contributed by atoms with van der Waals surface area (Å²) in [4.78, 5) is 25.8. The van der Waals surface area contributed by atoms with Crippen LogP contribution in [0.4, 0.5) is 0 Å². The first-order chi connectivity index (χ1) is 9.66. The summed E-state index contributed by atoms with van der Waals surface area (Å²) < 4.78 is 5.32. The molecule has 0 aliphatic heterocycles. The SMILES string of the molecule is O=C(O)C1CCCC1C(=O)N(Cc1ccco1)C1CC1. The Labute approximate surface area is 117 Å². The lowest BCUT2D eigenvalue weighted by molar-refractivity contribution is -0.149. The molecular formula is C15H19NO4. The summed E-state index contributed by atoms with van der Waals surface area (Å²) >= 11 is 0. The number of hydrogen-bond donors (Lipinski definition) is 1. The third-order valence-electron chi connectivity index (χ3n) is 4.33. The standard InChI is InChI=1S/C15H19NO4/c17-14(12-4-1-5-13(12)15(18)19)16(10-6-7-10)9-11-3-2-8-20-11/h2-3,8,10,12-13H,1,4-7,9H2,(H,18,19). The zero-order chi connectivity index (χ0) is 14.1. The van der Waals surface area contributed by atoms with Gasteiger partial charge in [0.1, 0.15) is 5.76 Å². The topological polar surface area (TPSA) is 70.8 Å². The quantitative estimate of drug-likeness (QED) is 0.896. The molecule has 0 bridgehead atoms. The fourth-order valence-corrected chi connectivity index (χ4v) is 3.11. The lowest BCUT2D eigenvalue weighted by Crippen LogP contribution is -2.40. The first kappa shape index (κ1) is 13.2. The van der Waals surface area contributed by atoms with Crippen molar-refractivity contribution in [1.82, 2.24) is 4.90 Å². The first-order valence-electron chi connectivity index (χ1n) is 7.22. The summed E-state index contributed by atoms with van der Waals surface area (Å²) in [6.45, 7) is 0.458. The van der Waals surface area contributed by atoms with Crippen LogP contribution >= 0.6 is 0 Å². The van der Waals surface area contributed by atoms with Crippen molar-refractivity contribution < 1.29 is 19.1 Å². The van der Waals surface area contributed by atoms with E-state index in [-0.39, 0.29) is 17.9 Å². The summed E-state index contributed by atoms with van der Waals surface area (Å²) in [7, 11) is 0. The number of carboxylic acid groups (broad SMARTS) is 1. The van der Waals surface area contributed by atoms with E-state index in [2.05, 4.69) is 0 Å². The molecule has 1 aromatic heterocycles. The number of nitrogens with zero attached hydrogens (tertiary/aromatic N) is 1. The van der Waals surface area contributed by atoms with E-state index >= 15 is 0 Å². The van der Waals surface area contributed by atoms with Gasteiger partial charge in [-0.3, -0.25) is 9.59 Å². The van der Waals surface area contributed by atoms with Crippen LogP contribution in [0.25, 0.3) is 0 Å². The maximum Gasteiger partial charge on any atom is 0.307 e. The van der Waals surface area contributed by atoms with Gasteiger partial charge in [0, 0.05) is 6.04 Å². The highest BCUT2D eigenvalue weighted by Gasteiger charge is 2.43. The average molecular weight is 277 g/mol. The lowest BCUT2D eigenvalue weighted by atomic mass is 9.94. The molecule has 0 radical (unpaired) electrons. The molecule has 0 aromatic carbocycles. The minimum atomic E-state index is -0.838. The van der Waals surface area contributed by atoms with Crippen LogP contribution in [0.5, 0.6) is 0 Å². The van der Waals surface area contributed by atoms with Crippen LogP contribution in [-0.2, 0) is 16.1 Å². The van der Waals surface area contributed by atoms with Gasteiger partial charge in [-0.15, -0.1) is 0 Å². The summed E-state index contributed by atoms with van der Waals surface area (Å²) in [5.74, 6) is -0.957. The highest BCUT2D eigenvalue weighted by molar-refractivity contribution is 5.85. The van der Waals surface area contributed by atoms with Gasteiger partial charge in [0.2, 0.25) is 5.91 Å². The van der Waals surface area contributed by atoms with Gasteiger partial charge in [0.05, 0.1) is 24.6 Å². The van der Waals surface area contributed by atoms with Gasteiger partial charge in [-0.05, 0) is 37.8 Å². The number of carboxylic acids is 1. The number of amides is 1. The van der Waals surface area contributed by atoms with Crippen molar-refractivity contribution >= 4 is 11.9 Å². The van der Waals surface area contributed by atoms with Gasteiger partial charge >= 0.3 is 5.97 Å². The van der Waals surface area contributed by atoms with Crippen LogP contribution in [0.1, 0.15) is 37.9 Å². The van der Waals surface area contributed by atoms with E-state index < -0.39 is 11.9 Å². The highest BCUT2D eigenvalue weighted by atomic mass is 16.4. The maximum absolute atomic E-state index is 12.7. The molecular weight excluding hydrogens is 258 g/mol. The van der Waals surface area contributed by atoms with E-state index in [1.165, 1.54) is 0 Å². The number of carbonyl (C=O) groups is 2. The van der Waals surface area contributed by atoms with Crippen molar-refractivity contribution in [3.05, 3.63) is 24.2 Å². The van der Waals surface area contributed by atoms with Crippen LogP contribution < -0.4 is 0 Å². The number of aliphatic carboxylic acids is 1. The minimum Gasteiger partial charge on any atom is -0.481 e. The molecule has 2 aliphatic carbocycles. The van der Waals surface area contributed by atoms with Crippen LogP contribution in [0, 0.1) is 11.8 Å². The van der Waals surface area contributed by atoms with E-state index in [4.69, 9.17) is 4.42 Å². The van der Waals surface area contributed by atoms with Gasteiger partial charge in [-0.1, -0.05) is 6.42 Å². The van der Waals surface area contributed by atoms with Crippen molar-refractivity contribution in [3.63, 3.8) is 0 Å². The second kappa shape index (κ2) is 5.31. The van der Waals surface area contributed by atoms with Gasteiger partial charge in [-0.2, -0.15) is 0 Å². The second-order valence-corrected chi connectivity index (χ2v) is 5.76. The van der Waals surface area contributed by atoms with E-state index in [0.717, 1.165) is 25.0 Å². The molecule has 0 spiro atoms. The number of furan rings is 1. The van der Waals surface area contributed by atoms with Gasteiger partial charge in [-0.25, -0.2) is 0 Å². The largest absolute Gasteiger partial charge is 0.481 e. The normalized spacial score (nSPS) is 25.6. The summed E-state index contributed by atoms with van der Waals surface area (Å²) in [5.41, 5.74) is 0. The van der Waals surface area contributed by atoms with E-state index in [0.29, 0.717) is 19.4 Å². The Morgan fingerprint density at radius 1 is 1.25 bits per heavy atom. The smallest absolute Gasteiger partial charge is 0.307 e. The van der Waals surface area contributed by atoms with Gasteiger partial charge in [0.15, 0.2) is 0 Å². The van der Waals surface area contributed by atoms with Crippen LogP contribution in [0.15, 0.2) is 22.8 Å². The van der Waals surface area contributed by atoms with Gasteiger partial charge < -0.3 is 14.4 Å². The van der Waals surface area contributed by atoms with E-state index in [9.17, 15) is 14.7 Å². The number of carbonyl (C=O) groups excluding carboxylic acids is 1. The fraction of sp³-hybridized carbons (Fsp3) is 0.600. The third-order valence-corrected chi connectivity index (χ3v) is 4.33. The van der Waals surface area contributed by atoms with E-state index in [1.807, 2.05) is 11.0 Å². The van der Waals surface area contributed by atoms with Crippen molar-refractivity contribution in [2.45, 2.75) is 44.7 Å². The molecule has 3 rings (SSSR count). The maximum atomic E-state index is 12.7. The van der Waals surface area contributed by atoms with Crippen LogP contribution in [-0.4, -0.2) is 27.9 Å². The average Bonchev–Trinajstić information content (AvgIpc) is 2.95. The highest BCUT2D eigenvalue weighted by Crippen LogP contribution is 2.37. The predicted octanol–water partition coefficient (Wildman–Crippen LogP) is 2.27. The Kier molecular flexibility index (Phi) is 3.51. The Morgan fingerprint density at radius 2 is 2.00 bits per heavy atom. The van der Waals surface area contributed by atoms with Crippen molar-refractivity contribution in [1.29, 1.82) is 0 Å². The molecule has 1 N–H and O–H groups in total. The zero-order valence-corrected chi connectivity index (χ0v) is 11.3. The Hall–Kier alpha value is -1.78. The third kappa shape index (κ3) is 2.57. The fourth-order valence-electron chi connectivity index (χ4n) is 3.11. The molecule has 1 amide bonds. The molecule has 5 nitrogen and oxygen atoms in total. The zero-order valence-electron chi connectivity index (χ0n) is 11.3. The summed E-state index contributed by atoms with van der Waals surface area (Å²) in [6, 6.07) is 3.93. The molecule has 2 aliphatic rings. The van der Waals surface area contributed by atoms with Crippen molar-refractivity contribution in [3.8, 4) is 0 Å². The lowest BCUT2D eigenvalue weighted by Gasteiger charge is -2.26. The molecule has 108 valence electrons. The minimum absolute atomic E-state index is 0.00574. The summed E-state index contributed by atoms with van der Waals surface area (Å²) in [6.07, 6.45) is 5.75. The Morgan fingerprint density at radius 3 is 2.60 bits per heavy atom.